The van der Waals surface area contributed by atoms with E-state index >= 15 is 0 Å². The molecule has 0 atom stereocenters. The highest BCUT2D eigenvalue weighted by atomic mass is 19.1. The third-order valence-electron chi connectivity index (χ3n) is 6.72. The normalized spacial score (nSPS) is 17.8. The highest BCUT2D eigenvalue weighted by molar-refractivity contribution is 5.75. The number of carbonyl (C=O) groups excluding carboxylic acids is 1. The van der Waals surface area contributed by atoms with Crippen molar-refractivity contribution >= 4 is 5.78 Å². The Morgan fingerprint density at radius 3 is 2.40 bits per heavy atom. The van der Waals surface area contributed by atoms with E-state index < -0.39 is 0 Å². The van der Waals surface area contributed by atoms with E-state index in [9.17, 15) is 9.18 Å². The Morgan fingerprint density at radius 1 is 0.943 bits per heavy atom. The molecule has 184 valence electrons. The molecule has 3 nitrogen and oxygen atoms in total. The van der Waals surface area contributed by atoms with Crippen LogP contribution in [0.2, 0.25) is 0 Å². The molecule has 0 N–H and O–H groups in total. The highest BCUT2D eigenvalue weighted by Crippen LogP contribution is 2.32. The fourth-order valence-corrected chi connectivity index (χ4v) is 4.71. The maximum Gasteiger partial charge on any atom is 0.129 e. The smallest absolute Gasteiger partial charge is 0.129 e. The van der Waals surface area contributed by atoms with Crippen molar-refractivity contribution in [2.45, 2.75) is 77.6 Å². The van der Waals surface area contributed by atoms with Crippen LogP contribution in [-0.2, 0) is 22.6 Å². The molecule has 0 aromatic heterocycles. The van der Waals surface area contributed by atoms with Crippen LogP contribution in [0.3, 0.4) is 0 Å². The number of hydrogen-bond donors (Lipinski definition) is 0. The number of halogens is 1. The Balaban J connectivity index is 1.36. The van der Waals surface area contributed by atoms with Crippen molar-refractivity contribution in [2.24, 2.45) is 0 Å². The largest absolute Gasteiger partial charge is 0.490 e. The van der Waals surface area contributed by atoms with Crippen molar-refractivity contribution in [3.05, 3.63) is 89.2 Å². The quantitative estimate of drug-likeness (QED) is 0.303. The molecule has 4 heteroatoms. The molecule has 0 bridgehead atoms. The molecule has 1 fully saturated rings. The summed E-state index contributed by atoms with van der Waals surface area (Å²) >= 11 is 0. The molecule has 0 saturated heterocycles. The molecule has 0 aliphatic heterocycles. The lowest BCUT2D eigenvalue weighted by molar-refractivity contribution is -0.117. The summed E-state index contributed by atoms with van der Waals surface area (Å²) in [5.74, 6) is 0.742. The number of ether oxygens (including phenoxy) is 2. The van der Waals surface area contributed by atoms with Crippen LogP contribution < -0.4 is 4.74 Å². The standard InChI is InChI=1S/C31H35FO3/c1-22-9-11-24(12-10-22)21-34-28-15-17-29(18-16-28)35-30-14-13-25(6-3-5-23(2)33)31(20-30)26-7-4-8-27(32)19-26/h4,7-14,19-20,28-29H,3,5-6,15-18,21H2,1-2H3. The molecule has 3 aromatic rings. The summed E-state index contributed by atoms with van der Waals surface area (Å²) < 4.78 is 26.5. The Morgan fingerprint density at radius 2 is 1.69 bits per heavy atom. The molecule has 4 rings (SSSR count). The molecule has 0 spiro atoms. The summed E-state index contributed by atoms with van der Waals surface area (Å²) in [4.78, 5) is 11.4. The van der Waals surface area contributed by atoms with Crippen LogP contribution >= 0.6 is 0 Å². The van der Waals surface area contributed by atoms with E-state index in [2.05, 4.69) is 37.3 Å². The molecule has 1 saturated carbocycles. The van der Waals surface area contributed by atoms with Crippen LogP contribution in [0.1, 0.15) is 62.1 Å². The van der Waals surface area contributed by atoms with Crippen LogP contribution in [0.15, 0.2) is 66.7 Å². The fraction of sp³-hybridized carbons (Fsp3) is 0.387. The zero-order chi connectivity index (χ0) is 24.6. The predicted octanol–water partition coefficient (Wildman–Crippen LogP) is 7.62. The predicted molar refractivity (Wildman–Crippen MR) is 138 cm³/mol. The first kappa shape index (κ1) is 25.1. The second kappa shape index (κ2) is 12.1. The van der Waals surface area contributed by atoms with Gasteiger partial charge < -0.3 is 14.3 Å². The van der Waals surface area contributed by atoms with E-state index in [0.29, 0.717) is 13.0 Å². The molecule has 0 radical (unpaired) electrons. The van der Waals surface area contributed by atoms with Gasteiger partial charge in [-0.25, -0.2) is 4.39 Å². The van der Waals surface area contributed by atoms with Crippen molar-refractivity contribution in [2.75, 3.05) is 0 Å². The van der Waals surface area contributed by atoms with E-state index in [0.717, 1.165) is 61.0 Å². The van der Waals surface area contributed by atoms with Crippen molar-refractivity contribution in [3.63, 3.8) is 0 Å². The van der Waals surface area contributed by atoms with Gasteiger partial charge in [0.15, 0.2) is 0 Å². The first-order chi connectivity index (χ1) is 17.0. The van der Waals surface area contributed by atoms with Crippen molar-refractivity contribution in [1.29, 1.82) is 0 Å². The van der Waals surface area contributed by atoms with E-state index in [-0.39, 0.29) is 23.8 Å². The average Bonchev–Trinajstić information content (AvgIpc) is 2.85. The maximum atomic E-state index is 14.0. The number of ketones is 1. The molecule has 35 heavy (non-hydrogen) atoms. The third kappa shape index (κ3) is 7.50. The zero-order valence-electron chi connectivity index (χ0n) is 20.8. The molecule has 3 aromatic carbocycles. The molecular formula is C31H35FO3. The average molecular weight is 475 g/mol. The topological polar surface area (TPSA) is 35.5 Å². The molecule has 0 heterocycles. The van der Waals surface area contributed by atoms with Gasteiger partial charge in [-0.3, -0.25) is 0 Å². The monoisotopic (exact) mass is 474 g/mol. The van der Waals surface area contributed by atoms with Crippen LogP contribution in [0.5, 0.6) is 5.75 Å². The van der Waals surface area contributed by atoms with Crippen LogP contribution in [0, 0.1) is 12.7 Å². The number of benzene rings is 3. The van der Waals surface area contributed by atoms with Crippen molar-refractivity contribution < 1.29 is 18.7 Å². The van der Waals surface area contributed by atoms with Gasteiger partial charge in [0.1, 0.15) is 17.3 Å². The fourth-order valence-electron chi connectivity index (χ4n) is 4.71. The van der Waals surface area contributed by atoms with E-state index in [1.54, 1.807) is 19.1 Å². The summed E-state index contributed by atoms with van der Waals surface area (Å²) in [6.45, 7) is 4.36. The zero-order valence-corrected chi connectivity index (χ0v) is 20.8. The molecule has 1 aliphatic rings. The number of rotatable bonds is 10. The number of carbonyl (C=O) groups is 1. The second-order valence-electron chi connectivity index (χ2n) is 9.70. The second-order valence-corrected chi connectivity index (χ2v) is 9.70. The van der Waals surface area contributed by atoms with E-state index in [1.807, 2.05) is 18.2 Å². The van der Waals surface area contributed by atoms with Gasteiger partial charge in [-0.1, -0.05) is 48.0 Å². The minimum absolute atomic E-state index is 0.151. The molecule has 0 amide bonds. The summed E-state index contributed by atoms with van der Waals surface area (Å²) in [7, 11) is 0. The van der Waals surface area contributed by atoms with Gasteiger partial charge in [-0.15, -0.1) is 0 Å². The first-order valence-corrected chi connectivity index (χ1v) is 12.7. The Hall–Kier alpha value is -2.98. The van der Waals surface area contributed by atoms with Gasteiger partial charge in [0.2, 0.25) is 0 Å². The van der Waals surface area contributed by atoms with Gasteiger partial charge in [0.05, 0.1) is 18.8 Å². The van der Waals surface area contributed by atoms with Gasteiger partial charge in [-0.05, 0) is 98.9 Å². The summed E-state index contributed by atoms with van der Waals surface area (Å²) in [6, 6.07) is 21.3. The Kier molecular flexibility index (Phi) is 8.70. The van der Waals surface area contributed by atoms with Gasteiger partial charge in [-0.2, -0.15) is 0 Å². The minimum atomic E-state index is -0.257. The molecule has 1 aliphatic carbocycles. The summed E-state index contributed by atoms with van der Waals surface area (Å²) in [5.41, 5.74) is 5.39. The number of Topliss-reactive ketones (excluding diaryl/α,β-unsaturated/α-hetero) is 1. The summed E-state index contributed by atoms with van der Waals surface area (Å²) in [5, 5.41) is 0. The summed E-state index contributed by atoms with van der Waals surface area (Å²) in [6.07, 6.45) is 6.39. The highest BCUT2D eigenvalue weighted by Gasteiger charge is 2.23. The van der Waals surface area contributed by atoms with E-state index in [4.69, 9.17) is 9.47 Å². The van der Waals surface area contributed by atoms with Crippen molar-refractivity contribution in [3.8, 4) is 16.9 Å². The van der Waals surface area contributed by atoms with E-state index in [1.165, 1.54) is 17.2 Å². The van der Waals surface area contributed by atoms with Gasteiger partial charge in [0.25, 0.3) is 0 Å². The first-order valence-electron chi connectivity index (χ1n) is 12.7. The van der Waals surface area contributed by atoms with Crippen LogP contribution in [0.25, 0.3) is 11.1 Å². The SMILES string of the molecule is CC(=O)CCCc1ccc(OC2CCC(OCc3ccc(C)cc3)CC2)cc1-c1cccc(F)c1. The van der Waals surface area contributed by atoms with Gasteiger partial charge >= 0.3 is 0 Å². The van der Waals surface area contributed by atoms with Crippen LogP contribution in [-0.4, -0.2) is 18.0 Å². The molecule has 0 unspecified atom stereocenters. The number of hydrogen-bond acceptors (Lipinski definition) is 3. The van der Waals surface area contributed by atoms with Gasteiger partial charge in [0, 0.05) is 6.42 Å². The van der Waals surface area contributed by atoms with Crippen molar-refractivity contribution in [1.82, 2.24) is 0 Å². The number of aryl methyl sites for hydroxylation is 2. The lowest BCUT2D eigenvalue weighted by atomic mass is 9.94. The van der Waals surface area contributed by atoms with Crippen LogP contribution in [0.4, 0.5) is 4.39 Å². The third-order valence-corrected chi connectivity index (χ3v) is 6.72. The molecular weight excluding hydrogens is 439 g/mol. The Labute approximate surface area is 208 Å². The Bertz CT molecular complexity index is 1110. The lowest BCUT2D eigenvalue weighted by Gasteiger charge is -2.29. The maximum absolute atomic E-state index is 14.0. The lowest BCUT2D eigenvalue weighted by Crippen LogP contribution is -2.28. The minimum Gasteiger partial charge on any atom is -0.490 e.